The number of nitrogens with one attached hydrogen (secondary N) is 1. The Hall–Kier alpha value is -1.31. The van der Waals surface area contributed by atoms with Crippen molar-refractivity contribution >= 4 is 11.5 Å². The van der Waals surface area contributed by atoms with Crippen molar-refractivity contribution < 1.29 is 4.79 Å². The molecule has 2 aliphatic rings. The Bertz CT molecular complexity index is 452. The number of anilines is 1. The van der Waals surface area contributed by atoms with Crippen LogP contribution in [0.25, 0.3) is 0 Å². The molecule has 0 unspecified atom stereocenters. The van der Waals surface area contributed by atoms with Crippen LogP contribution in [0, 0.1) is 0 Å². The monoisotopic (exact) mass is 243 g/mol. The van der Waals surface area contributed by atoms with E-state index in [-0.39, 0.29) is 5.92 Å². The zero-order valence-corrected chi connectivity index (χ0v) is 10.9. The van der Waals surface area contributed by atoms with Crippen LogP contribution in [0.5, 0.6) is 0 Å². The van der Waals surface area contributed by atoms with Crippen molar-refractivity contribution in [3.8, 4) is 0 Å². The molecule has 0 bridgehead atoms. The molecule has 96 valence electrons. The summed E-state index contributed by atoms with van der Waals surface area (Å²) in [5, 5.41) is 3.47. The highest BCUT2D eigenvalue weighted by Gasteiger charge is 2.26. The third-order valence-corrected chi connectivity index (χ3v) is 4.31. The molecule has 18 heavy (non-hydrogen) atoms. The molecular formula is C16H21NO. The topological polar surface area (TPSA) is 29.1 Å². The largest absolute Gasteiger partial charge is 0.384 e. The zero-order valence-electron chi connectivity index (χ0n) is 10.9. The Balaban J connectivity index is 1.92. The predicted molar refractivity (Wildman–Crippen MR) is 74.1 cm³/mol. The van der Waals surface area contributed by atoms with Gasteiger partial charge in [-0.25, -0.2) is 0 Å². The van der Waals surface area contributed by atoms with E-state index in [1.807, 2.05) is 0 Å². The van der Waals surface area contributed by atoms with E-state index in [1.54, 1.807) is 0 Å². The number of rotatable bonds is 1. The maximum Gasteiger partial charge on any atom is 0.140 e. The number of carbonyl (C=O) groups is 1. The minimum atomic E-state index is 0.144. The van der Waals surface area contributed by atoms with E-state index < -0.39 is 0 Å². The standard InChI is InChI=1S/C16H21NO/c18-15-9-4-2-1-3-7-13(15)14-8-5-6-12-10-11-17-16(12)14/h5-6,8,13,17H,1-4,7,9-11H2/t13-/m0/s1. The molecule has 0 radical (unpaired) electrons. The van der Waals surface area contributed by atoms with Crippen molar-refractivity contribution in [2.75, 3.05) is 11.9 Å². The minimum absolute atomic E-state index is 0.144. The van der Waals surface area contributed by atoms with Crippen molar-refractivity contribution in [1.29, 1.82) is 0 Å². The summed E-state index contributed by atoms with van der Waals surface area (Å²) in [6.45, 7) is 1.02. The molecule has 0 spiro atoms. The summed E-state index contributed by atoms with van der Waals surface area (Å²) >= 11 is 0. The maximum atomic E-state index is 12.3. The van der Waals surface area contributed by atoms with Gasteiger partial charge in [0.25, 0.3) is 0 Å². The van der Waals surface area contributed by atoms with Crippen molar-refractivity contribution in [3.05, 3.63) is 29.3 Å². The molecule has 0 aromatic heterocycles. The second-order valence-corrected chi connectivity index (χ2v) is 5.53. The summed E-state index contributed by atoms with van der Waals surface area (Å²) in [7, 11) is 0. The van der Waals surface area contributed by atoms with Gasteiger partial charge in [0.05, 0.1) is 0 Å². The molecule has 1 aromatic rings. The van der Waals surface area contributed by atoms with Crippen LogP contribution in [-0.4, -0.2) is 12.3 Å². The number of hydrogen-bond donors (Lipinski definition) is 1. The van der Waals surface area contributed by atoms with Gasteiger partial charge in [0, 0.05) is 24.6 Å². The first-order chi connectivity index (χ1) is 8.86. The van der Waals surface area contributed by atoms with Crippen LogP contribution in [0.15, 0.2) is 18.2 Å². The van der Waals surface area contributed by atoms with Crippen LogP contribution in [0.1, 0.15) is 55.6 Å². The fourth-order valence-electron chi connectivity index (χ4n) is 3.32. The third-order valence-electron chi connectivity index (χ3n) is 4.31. The van der Waals surface area contributed by atoms with Crippen LogP contribution >= 0.6 is 0 Å². The van der Waals surface area contributed by atoms with Gasteiger partial charge in [-0.1, -0.05) is 37.5 Å². The predicted octanol–water partition coefficient (Wildman–Crippen LogP) is 3.66. The molecule has 1 aliphatic carbocycles. The Morgan fingerprint density at radius 3 is 2.89 bits per heavy atom. The lowest BCUT2D eigenvalue weighted by atomic mass is 9.83. The van der Waals surface area contributed by atoms with E-state index in [9.17, 15) is 4.79 Å². The van der Waals surface area contributed by atoms with Crippen LogP contribution in [0.4, 0.5) is 5.69 Å². The van der Waals surface area contributed by atoms with Crippen molar-refractivity contribution in [1.82, 2.24) is 0 Å². The molecule has 1 atom stereocenters. The number of fused-ring (bicyclic) bond motifs is 1. The second-order valence-electron chi connectivity index (χ2n) is 5.53. The average Bonchev–Trinajstić information content (AvgIpc) is 2.83. The van der Waals surface area contributed by atoms with Gasteiger partial charge in [0.15, 0.2) is 0 Å². The quantitative estimate of drug-likeness (QED) is 0.815. The van der Waals surface area contributed by atoms with E-state index in [2.05, 4.69) is 23.5 Å². The smallest absolute Gasteiger partial charge is 0.140 e. The lowest BCUT2D eigenvalue weighted by Gasteiger charge is -2.21. The summed E-state index contributed by atoms with van der Waals surface area (Å²) < 4.78 is 0. The Morgan fingerprint density at radius 1 is 1.06 bits per heavy atom. The normalized spacial score (nSPS) is 24.0. The fraction of sp³-hybridized carbons (Fsp3) is 0.562. The number of hydrogen-bond acceptors (Lipinski definition) is 2. The highest BCUT2D eigenvalue weighted by Crippen LogP contribution is 2.36. The third kappa shape index (κ3) is 2.16. The average molecular weight is 243 g/mol. The van der Waals surface area contributed by atoms with Gasteiger partial charge in [-0.15, -0.1) is 0 Å². The summed E-state index contributed by atoms with van der Waals surface area (Å²) in [5.74, 6) is 0.600. The number of benzene rings is 1. The molecule has 1 fully saturated rings. The summed E-state index contributed by atoms with van der Waals surface area (Å²) in [4.78, 5) is 12.3. The Labute approximate surface area is 109 Å². The highest BCUT2D eigenvalue weighted by atomic mass is 16.1. The number of carbonyl (C=O) groups excluding carboxylic acids is 1. The minimum Gasteiger partial charge on any atom is -0.384 e. The first-order valence-corrected chi connectivity index (χ1v) is 7.24. The number of ketones is 1. The maximum absolute atomic E-state index is 12.3. The molecule has 0 amide bonds. The van der Waals surface area contributed by atoms with E-state index >= 15 is 0 Å². The van der Waals surface area contributed by atoms with Crippen molar-refractivity contribution in [3.63, 3.8) is 0 Å². The molecule has 3 rings (SSSR count). The molecule has 1 N–H and O–H groups in total. The summed E-state index contributed by atoms with van der Waals surface area (Å²) in [6.07, 6.45) is 7.70. The van der Waals surface area contributed by atoms with Gasteiger partial charge in [0.2, 0.25) is 0 Å². The number of Topliss-reactive ketones (excluding diaryl/α,β-unsaturated/α-hetero) is 1. The molecule has 1 heterocycles. The summed E-state index contributed by atoms with van der Waals surface area (Å²) in [6, 6.07) is 6.46. The first kappa shape index (κ1) is 11.8. The first-order valence-electron chi connectivity index (χ1n) is 7.24. The fourth-order valence-corrected chi connectivity index (χ4v) is 3.32. The summed E-state index contributed by atoms with van der Waals surface area (Å²) in [5.41, 5.74) is 3.91. The van der Waals surface area contributed by atoms with E-state index in [0.29, 0.717) is 5.78 Å². The van der Waals surface area contributed by atoms with E-state index in [4.69, 9.17) is 0 Å². The molecule has 2 nitrogen and oxygen atoms in total. The van der Waals surface area contributed by atoms with Crippen LogP contribution < -0.4 is 5.32 Å². The van der Waals surface area contributed by atoms with Crippen LogP contribution in [0.2, 0.25) is 0 Å². The van der Waals surface area contributed by atoms with E-state index in [0.717, 1.165) is 32.2 Å². The van der Waals surface area contributed by atoms with Gasteiger partial charge >= 0.3 is 0 Å². The van der Waals surface area contributed by atoms with Gasteiger partial charge in [-0.3, -0.25) is 4.79 Å². The molecule has 2 heteroatoms. The Morgan fingerprint density at radius 2 is 1.94 bits per heavy atom. The second kappa shape index (κ2) is 5.13. The molecule has 1 aromatic carbocycles. The molecular weight excluding hydrogens is 222 g/mol. The van der Waals surface area contributed by atoms with Crippen LogP contribution in [-0.2, 0) is 11.2 Å². The molecule has 0 saturated heterocycles. The van der Waals surface area contributed by atoms with Crippen molar-refractivity contribution in [2.45, 2.75) is 50.9 Å². The SMILES string of the molecule is O=C1CCCCCC[C@H]1c1cccc2c1NCC2. The Kier molecular flexibility index (Phi) is 3.35. The van der Waals surface area contributed by atoms with Gasteiger partial charge in [0.1, 0.15) is 5.78 Å². The van der Waals surface area contributed by atoms with Gasteiger partial charge in [-0.05, 0) is 30.4 Å². The van der Waals surface area contributed by atoms with Crippen molar-refractivity contribution in [2.24, 2.45) is 0 Å². The molecule has 1 aliphatic heterocycles. The lowest BCUT2D eigenvalue weighted by molar-refractivity contribution is -0.121. The van der Waals surface area contributed by atoms with Gasteiger partial charge in [-0.2, -0.15) is 0 Å². The van der Waals surface area contributed by atoms with E-state index in [1.165, 1.54) is 36.1 Å². The zero-order chi connectivity index (χ0) is 12.4. The molecule has 1 saturated carbocycles. The van der Waals surface area contributed by atoms with Crippen LogP contribution in [0.3, 0.4) is 0 Å². The highest BCUT2D eigenvalue weighted by molar-refractivity contribution is 5.88. The lowest BCUT2D eigenvalue weighted by Crippen LogP contribution is -2.15. The number of para-hydroxylation sites is 1. The van der Waals surface area contributed by atoms with Gasteiger partial charge < -0.3 is 5.32 Å².